The van der Waals surface area contributed by atoms with Crippen molar-refractivity contribution in [2.24, 2.45) is 0 Å². The van der Waals surface area contributed by atoms with Crippen LogP contribution in [0.25, 0.3) is 22.3 Å². The van der Waals surface area contributed by atoms with Crippen LogP contribution in [0.2, 0.25) is 0 Å². The number of esters is 2. The van der Waals surface area contributed by atoms with E-state index in [0.29, 0.717) is 23.4 Å². The molecule has 3 aromatic rings. The molecule has 34 heavy (non-hydrogen) atoms. The molecule has 176 valence electrons. The van der Waals surface area contributed by atoms with Gasteiger partial charge in [-0.15, -0.1) is 0 Å². The largest absolute Gasteiger partial charge is 0.469 e. The lowest BCUT2D eigenvalue weighted by atomic mass is 9.86. The summed E-state index contributed by atoms with van der Waals surface area (Å²) in [5.41, 5.74) is 1.83. The van der Waals surface area contributed by atoms with Crippen LogP contribution in [-0.2, 0) is 42.6 Å². The molecule has 0 spiro atoms. The number of ether oxygens (including phenoxy) is 3. The number of nitrogens with zero attached hydrogens (tertiary/aromatic N) is 2. The predicted octanol–water partition coefficient (Wildman–Crippen LogP) is 2.33. The summed E-state index contributed by atoms with van der Waals surface area (Å²) in [7, 11) is 2.87. The first kappa shape index (κ1) is 22.2. The number of carbonyl (C=O) groups is 2. The molecule has 1 unspecified atom stereocenters. The van der Waals surface area contributed by atoms with Gasteiger partial charge in [-0.05, 0) is 30.2 Å². The van der Waals surface area contributed by atoms with Crippen molar-refractivity contribution < 1.29 is 28.9 Å². The number of hydrogen-bond donors (Lipinski definition) is 1. The van der Waals surface area contributed by atoms with Gasteiger partial charge in [-0.1, -0.05) is 19.1 Å². The van der Waals surface area contributed by atoms with Gasteiger partial charge in [0.25, 0.3) is 5.56 Å². The number of fused-ring (bicyclic) bond motifs is 5. The molecule has 1 aromatic carbocycles. The lowest BCUT2D eigenvalue weighted by molar-refractivity contribution is -0.172. The van der Waals surface area contributed by atoms with Gasteiger partial charge in [0, 0.05) is 23.6 Å². The van der Waals surface area contributed by atoms with Gasteiger partial charge in [0.2, 0.25) is 0 Å². The van der Waals surface area contributed by atoms with E-state index in [2.05, 4.69) is 0 Å². The van der Waals surface area contributed by atoms with Crippen molar-refractivity contribution >= 4 is 22.8 Å². The SMILES string of the molecule is CC[C@@]1(O)C(=O)OCc2c1cc1n(c2=O)Cc2cc3c(C(CC(=O)OC)OC)cccc3nc2-1. The Morgan fingerprint density at radius 1 is 1.29 bits per heavy atom. The van der Waals surface area contributed by atoms with E-state index in [1.807, 2.05) is 24.3 Å². The normalized spacial score (nSPS) is 19.2. The van der Waals surface area contributed by atoms with Crippen molar-refractivity contribution in [2.75, 3.05) is 14.2 Å². The van der Waals surface area contributed by atoms with Crippen LogP contribution in [0.5, 0.6) is 0 Å². The number of hydrogen-bond acceptors (Lipinski definition) is 8. The molecule has 0 amide bonds. The summed E-state index contributed by atoms with van der Waals surface area (Å²) < 4.78 is 17.1. The molecule has 9 nitrogen and oxygen atoms in total. The minimum Gasteiger partial charge on any atom is -0.469 e. The number of rotatable bonds is 5. The van der Waals surface area contributed by atoms with Gasteiger partial charge in [-0.2, -0.15) is 0 Å². The highest BCUT2D eigenvalue weighted by atomic mass is 16.6. The Labute approximate surface area is 194 Å². The second kappa shape index (κ2) is 8.03. The second-order valence-corrected chi connectivity index (χ2v) is 8.52. The smallest absolute Gasteiger partial charge is 0.343 e. The maximum atomic E-state index is 13.3. The Bertz CT molecular complexity index is 1410. The summed E-state index contributed by atoms with van der Waals surface area (Å²) in [5, 5.41) is 11.8. The van der Waals surface area contributed by atoms with Crippen molar-refractivity contribution in [3.8, 4) is 11.4 Å². The number of cyclic esters (lactones) is 1. The third-order valence-electron chi connectivity index (χ3n) is 6.80. The lowest BCUT2D eigenvalue weighted by Gasteiger charge is -2.31. The standard InChI is InChI=1S/C25H24N2O7/c1-4-25(31)17-9-19-22-13(11-27(19)23(29)16(17)12-34-24(25)30)8-15-14(6-5-7-18(15)26-22)20(32-2)10-21(28)33-3/h5-9,20,31H,4,10-12H2,1-3H3/t20?,25-/m0/s1. The average Bonchev–Trinajstić information content (AvgIpc) is 3.21. The molecule has 4 heterocycles. The third-order valence-corrected chi connectivity index (χ3v) is 6.80. The molecule has 0 bridgehead atoms. The number of pyridine rings is 2. The molecule has 0 radical (unpaired) electrons. The number of aliphatic hydroxyl groups is 1. The minimum atomic E-state index is -1.87. The first-order valence-corrected chi connectivity index (χ1v) is 11.0. The van der Waals surface area contributed by atoms with E-state index in [0.717, 1.165) is 16.5 Å². The molecular formula is C25H24N2O7. The van der Waals surface area contributed by atoms with Crippen molar-refractivity contribution in [1.82, 2.24) is 9.55 Å². The molecule has 0 aliphatic carbocycles. The van der Waals surface area contributed by atoms with Crippen LogP contribution in [0.15, 0.2) is 35.1 Å². The molecule has 0 saturated heterocycles. The Balaban J connectivity index is 1.68. The molecule has 2 aromatic heterocycles. The fourth-order valence-corrected chi connectivity index (χ4v) is 4.86. The highest BCUT2D eigenvalue weighted by Gasteiger charge is 2.45. The van der Waals surface area contributed by atoms with Gasteiger partial charge in [0.1, 0.15) is 6.61 Å². The highest BCUT2D eigenvalue weighted by molar-refractivity contribution is 5.88. The Hall–Kier alpha value is -3.56. The molecule has 2 aliphatic heterocycles. The summed E-state index contributed by atoms with van der Waals surface area (Å²) in [4.78, 5) is 42.3. The van der Waals surface area contributed by atoms with E-state index in [-0.39, 0.29) is 42.1 Å². The van der Waals surface area contributed by atoms with Crippen molar-refractivity contribution in [1.29, 1.82) is 0 Å². The summed E-state index contributed by atoms with van der Waals surface area (Å²) >= 11 is 0. The number of benzene rings is 1. The van der Waals surface area contributed by atoms with E-state index in [4.69, 9.17) is 19.2 Å². The maximum Gasteiger partial charge on any atom is 0.343 e. The number of carbonyl (C=O) groups excluding carboxylic acids is 2. The van der Waals surface area contributed by atoms with E-state index < -0.39 is 17.7 Å². The molecule has 9 heteroatoms. The molecular weight excluding hydrogens is 440 g/mol. The van der Waals surface area contributed by atoms with E-state index in [1.165, 1.54) is 14.2 Å². The zero-order chi connectivity index (χ0) is 24.2. The topological polar surface area (TPSA) is 117 Å². The maximum absolute atomic E-state index is 13.3. The summed E-state index contributed by atoms with van der Waals surface area (Å²) in [6.07, 6.45) is -0.376. The molecule has 5 rings (SSSR count). The van der Waals surface area contributed by atoms with Gasteiger partial charge in [-0.25, -0.2) is 9.78 Å². The van der Waals surface area contributed by atoms with Crippen LogP contribution >= 0.6 is 0 Å². The van der Waals surface area contributed by atoms with Gasteiger partial charge in [-0.3, -0.25) is 9.59 Å². The monoisotopic (exact) mass is 464 g/mol. The highest BCUT2D eigenvalue weighted by Crippen LogP contribution is 2.39. The Morgan fingerprint density at radius 2 is 2.09 bits per heavy atom. The molecule has 0 saturated carbocycles. The second-order valence-electron chi connectivity index (χ2n) is 8.52. The summed E-state index contributed by atoms with van der Waals surface area (Å²) in [5.74, 6) is -1.14. The van der Waals surface area contributed by atoms with Crippen molar-refractivity contribution in [2.45, 2.75) is 44.6 Å². The van der Waals surface area contributed by atoms with Crippen LogP contribution in [0, 0.1) is 0 Å². The number of aromatic nitrogens is 2. The molecule has 2 aliphatic rings. The van der Waals surface area contributed by atoms with Gasteiger partial charge in [0.15, 0.2) is 5.60 Å². The average molecular weight is 464 g/mol. The van der Waals surface area contributed by atoms with Crippen LogP contribution in [0.3, 0.4) is 0 Å². The summed E-state index contributed by atoms with van der Waals surface area (Å²) in [6, 6.07) is 9.20. The Kier molecular flexibility index (Phi) is 5.26. The predicted molar refractivity (Wildman–Crippen MR) is 121 cm³/mol. The van der Waals surface area contributed by atoms with E-state index in [1.54, 1.807) is 17.6 Å². The first-order chi connectivity index (χ1) is 16.3. The van der Waals surface area contributed by atoms with E-state index >= 15 is 0 Å². The van der Waals surface area contributed by atoms with Gasteiger partial charge >= 0.3 is 11.9 Å². The van der Waals surface area contributed by atoms with Gasteiger partial charge < -0.3 is 23.9 Å². The number of methoxy groups -OCH3 is 2. The summed E-state index contributed by atoms with van der Waals surface area (Å²) in [6.45, 7) is 1.79. The lowest BCUT2D eigenvalue weighted by Crippen LogP contribution is -2.44. The molecule has 0 fully saturated rings. The van der Waals surface area contributed by atoms with Crippen LogP contribution in [0.4, 0.5) is 0 Å². The van der Waals surface area contributed by atoms with E-state index in [9.17, 15) is 19.5 Å². The zero-order valence-corrected chi connectivity index (χ0v) is 19.1. The zero-order valence-electron chi connectivity index (χ0n) is 19.1. The molecule has 1 N–H and O–H groups in total. The Morgan fingerprint density at radius 3 is 2.79 bits per heavy atom. The van der Waals surface area contributed by atoms with Crippen LogP contribution in [0.1, 0.15) is 48.1 Å². The van der Waals surface area contributed by atoms with Crippen LogP contribution < -0.4 is 5.56 Å². The van der Waals surface area contributed by atoms with Gasteiger partial charge in [0.05, 0.1) is 48.6 Å². The quantitative estimate of drug-likeness (QED) is 0.447. The fourth-order valence-electron chi connectivity index (χ4n) is 4.86. The van der Waals surface area contributed by atoms with Crippen molar-refractivity contribution in [3.05, 3.63) is 62.9 Å². The fraction of sp³-hybridized carbons (Fsp3) is 0.360. The first-order valence-electron chi connectivity index (χ1n) is 11.0. The van der Waals surface area contributed by atoms with Crippen LogP contribution in [-0.4, -0.2) is 40.8 Å². The molecule has 2 atom stereocenters. The van der Waals surface area contributed by atoms with Crippen molar-refractivity contribution in [3.63, 3.8) is 0 Å². The third kappa shape index (κ3) is 3.15. The minimum absolute atomic E-state index is 0.0548.